The third-order valence-electron chi connectivity index (χ3n) is 4.31. The van der Waals surface area contributed by atoms with Gasteiger partial charge in [0.2, 0.25) is 5.91 Å². The van der Waals surface area contributed by atoms with Crippen molar-refractivity contribution in [3.63, 3.8) is 0 Å². The molecule has 0 atom stereocenters. The number of para-hydroxylation sites is 1. The highest BCUT2D eigenvalue weighted by molar-refractivity contribution is 7.14. The Morgan fingerprint density at radius 1 is 1.16 bits per heavy atom. The first-order valence-electron chi connectivity index (χ1n) is 9.13. The minimum atomic E-state index is -2.96. The Kier molecular flexibility index (Phi) is 5.94. The number of nitrogens with one attached hydrogen (secondary N) is 1. The maximum absolute atomic E-state index is 12.6. The second kappa shape index (κ2) is 8.96. The Morgan fingerprint density at radius 2 is 1.94 bits per heavy atom. The summed E-state index contributed by atoms with van der Waals surface area (Å²) in [6.45, 7) is -2.91. The van der Waals surface area contributed by atoms with Crippen LogP contribution in [0.25, 0.3) is 22.2 Å². The lowest BCUT2D eigenvalue weighted by molar-refractivity contribution is -0.116. The van der Waals surface area contributed by atoms with Crippen LogP contribution in [0.3, 0.4) is 0 Å². The predicted octanol–water partition coefficient (Wildman–Crippen LogP) is 3.55. The number of thiazole rings is 1. The van der Waals surface area contributed by atoms with E-state index in [9.17, 15) is 18.4 Å². The molecule has 0 aliphatic rings. The summed E-state index contributed by atoms with van der Waals surface area (Å²) in [7, 11) is 0. The van der Waals surface area contributed by atoms with Crippen LogP contribution in [-0.4, -0.2) is 32.5 Å². The zero-order valence-corrected chi connectivity index (χ0v) is 16.7. The molecule has 0 unspecified atom stereocenters. The van der Waals surface area contributed by atoms with Gasteiger partial charge in [-0.25, -0.2) is 9.67 Å². The number of alkyl halides is 2. The molecule has 2 aromatic heterocycles. The van der Waals surface area contributed by atoms with Crippen molar-refractivity contribution in [2.75, 3.05) is 5.32 Å². The highest BCUT2D eigenvalue weighted by atomic mass is 32.1. The van der Waals surface area contributed by atoms with Crippen molar-refractivity contribution in [2.45, 2.75) is 19.6 Å². The topological polar surface area (TPSA) is 99.0 Å². The number of nitrogens with zero attached hydrogens (tertiary/aromatic N) is 4. The first-order valence-corrected chi connectivity index (χ1v) is 10.0. The summed E-state index contributed by atoms with van der Waals surface area (Å²) in [4.78, 5) is 29.0. The van der Waals surface area contributed by atoms with E-state index in [4.69, 9.17) is 0 Å². The molecule has 0 aliphatic heterocycles. The van der Waals surface area contributed by atoms with Gasteiger partial charge in [-0.1, -0.05) is 29.5 Å². The molecule has 158 valence electrons. The number of ether oxygens (including phenoxy) is 1. The second-order valence-corrected chi connectivity index (χ2v) is 7.20. The summed E-state index contributed by atoms with van der Waals surface area (Å²) >= 11 is 1.14. The minimum Gasteiger partial charge on any atom is -0.434 e. The van der Waals surface area contributed by atoms with E-state index in [1.165, 1.54) is 6.07 Å². The van der Waals surface area contributed by atoms with Gasteiger partial charge in [-0.05, 0) is 24.3 Å². The number of carbonyl (C=O) groups excluding carboxylic acids is 1. The smallest absolute Gasteiger partial charge is 0.387 e. The molecule has 0 bridgehead atoms. The number of anilines is 1. The molecule has 0 fully saturated rings. The first kappa shape index (κ1) is 20.5. The standard InChI is InChI=1S/C20H15F2N5O3S/c21-19(22)30-16-8-4-2-5-12(16)15-11-31-20(23-15)24-17(28)9-10-27-18(29)13-6-1-3-7-14(13)25-26-27/h1-8,11,19H,9-10H2,(H,23,24,28). The van der Waals surface area contributed by atoms with E-state index in [-0.39, 0.29) is 30.2 Å². The molecule has 11 heteroatoms. The van der Waals surface area contributed by atoms with Crippen LogP contribution in [0.15, 0.2) is 58.7 Å². The van der Waals surface area contributed by atoms with Crippen LogP contribution in [0.5, 0.6) is 5.75 Å². The molecule has 0 saturated heterocycles. The van der Waals surface area contributed by atoms with E-state index < -0.39 is 6.61 Å². The molecule has 4 rings (SSSR count). The fourth-order valence-corrected chi connectivity index (χ4v) is 3.62. The molecule has 4 aromatic rings. The van der Waals surface area contributed by atoms with Crippen LogP contribution in [0.2, 0.25) is 0 Å². The summed E-state index contributed by atoms with van der Waals surface area (Å²) in [5.41, 5.74) is 0.941. The van der Waals surface area contributed by atoms with Crippen LogP contribution in [0.4, 0.5) is 13.9 Å². The van der Waals surface area contributed by atoms with Crippen molar-refractivity contribution in [3.05, 3.63) is 64.3 Å². The van der Waals surface area contributed by atoms with Gasteiger partial charge in [-0.3, -0.25) is 9.59 Å². The van der Waals surface area contributed by atoms with Gasteiger partial charge in [-0.2, -0.15) is 8.78 Å². The molecule has 0 radical (unpaired) electrons. The summed E-state index contributed by atoms with van der Waals surface area (Å²) < 4.78 is 30.9. The number of aromatic nitrogens is 4. The van der Waals surface area contributed by atoms with Crippen LogP contribution in [-0.2, 0) is 11.3 Å². The van der Waals surface area contributed by atoms with Crippen molar-refractivity contribution in [3.8, 4) is 17.0 Å². The Hall–Kier alpha value is -3.73. The van der Waals surface area contributed by atoms with Crippen molar-refractivity contribution in [1.82, 2.24) is 20.0 Å². The average molecular weight is 443 g/mol. The predicted molar refractivity (Wildman–Crippen MR) is 111 cm³/mol. The van der Waals surface area contributed by atoms with Gasteiger partial charge in [0.15, 0.2) is 5.13 Å². The number of benzene rings is 2. The zero-order valence-electron chi connectivity index (χ0n) is 15.9. The number of carbonyl (C=O) groups is 1. The lowest BCUT2D eigenvalue weighted by Gasteiger charge is -2.08. The largest absolute Gasteiger partial charge is 0.434 e. The molecular formula is C20H15F2N5O3S. The van der Waals surface area contributed by atoms with E-state index in [2.05, 4.69) is 25.3 Å². The minimum absolute atomic E-state index is 0.00469. The van der Waals surface area contributed by atoms with Gasteiger partial charge in [-0.15, -0.1) is 16.4 Å². The van der Waals surface area contributed by atoms with Crippen molar-refractivity contribution >= 4 is 33.3 Å². The maximum atomic E-state index is 12.6. The Labute approximate surface area is 178 Å². The average Bonchev–Trinajstić information content (AvgIpc) is 3.21. The molecule has 1 N–H and O–H groups in total. The Balaban J connectivity index is 1.42. The molecule has 0 saturated carbocycles. The molecule has 31 heavy (non-hydrogen) atoms. The number of amides is 1. The molecule has 2 aromatic carbocycles. The second-order valence-electron chi connectivity index (χ2n) is 6.35. The van der Waals surface area contributed by atoms with Gasteiger partial charge in [0.05, 0.1) is 17.6 Å². The van der Waals surface area contributed by atoms with Crippen LogP contribution in [0.1, 0.15) is 6.42 Å². The van der Waals surface area contributed by atoms with Gasteiger partial charge < -0.3 is 10.1 Å². The van der Waals surface area contributed by atoms with Crippen molar-refractivity contribution in [2.24, 2.45) is 0 Å². The SMILES string of the molecule is O=C(CCn1nnc2ccccc2c1=O)Nc1nc(-c2ccccc2OC(F)F)cs1. The lowest BCUT2D eigenvalue weighted by Crippen LogP contribution is -2.26. The number of hydrogen-bond acceptors (Lipinski definition) is 7. The summed E-state index contributed by atoms with van der Waals surface area (Å²) in [5, 5.41) is 12.8. The molecular weight excluding hydrogens is 428 g/mol. The molecule has 0 aliphatic carbocycles. The fraction of sp³-hybridized carbons (Fsp3) is 0.150. The monoisotopic (exact) mass is 443 g/mol. The van der Waals surface area contributed by atoms with Gasteiger partial charge in [0.25, 0.3) is 5.56 Å². The lowest BCUT2D eigenvalue weighted by atomic mass is 10.1. The Morgan fingerprint density at radius 3 is 2.77 bits per heavy atom. The fourth-order valence-electron chi connectivity index (χ4n) is 2.89. The maximum Gasteiger partial charge on any atom is 0.387 e. The quantitative estimate of drug-likeness (QED) is 0.469. The number of hydrogen-bond donors (Lipinski definition) is 1. The molecule has 0 spiro atoms. The summed E-state index contributed by atoms with van der Waals surface area (Å²) in [5.74, 6) is -0.380. The Bertz CT molecular complexity index is 1290. The van der Waals surface area contributed by atoms with Crippen LogP contribution < -0.4 is 15.6 Å². The van der Waals surface area contributed by atoms with Gasteiger partial charge in [0.1, 0.15) is 11.3 Å². The third-order valence-corrected chi connectivity index (χ3v) is 5.07. The number of halogens is 2. The normalized spacial score (nSPS) is 11.1. The van der Waals surface area contributed by atoms with E-state index in [0.717, 1.165) is 16.0 Å². The van der Waals surface area contributed by atoms with E-state index in [1.807, 2.05) is 0 Å². The first-order chi connectivity index (χ1) is 15.0. The van der Waals surface area contributed by atoms with Crippen LogP contribution in [0, 0.1) is 0 Å². The van der Waals surface area contributed by atoms with Crippen molar-refractivity contribution < 1.29 is 18.3 Å². The molecule has 1 amide bonds. The summed E-state index contributed by atoms with van der Waals surface area (Å²) in [6.07, 6.45) is -0.0209. The number of aryl methyl sites for hydroxylation is 1. The number of rotatable bonds is 7. The van der Waals surface area contributed by atoms with Gasteiger partial charge >= 0.3 is 6.61 Å². The third kappa shape index (κ3) is 4.72. The van der Waals surface area contributed by atoms with E-state index in [0.29, 0.717) is 27.3 Å². The van der Waals surface area contributed by atoms with Crippen LogP contribution >= 0.6 is 11.3 Å². The molecule has 8 nitrogen and oxygen atoms in total. The molecule has 2 heterocycles. The van der Waals surface area contributed by atoms with E-state index >= 15 is 0 Å². The van der Waals surface area contributed by atoms with Gasteiger partial charge in [0, 0.05) is 17.4 Å². The van der Waals surface area contributed by atoms with E-state index in [1.54, 1.807) is 47.8 Å². The summed E-state index contributed by atoms with van der Waals surface area (Å²) in [6, 6.07) is 13.1. The zero-order chi connectivity index (χ0) is 21.8. The highest BCUT2D eigenvalue weighted by Gasteiger charge is 2.15. The van der Waals surface area contributed by atoms with Crippen molar-refractivity contribution in [1.29, 1.82) is 0 Å². The highest BCUT2D eigenvalue weighted by Crippen LogP contribution is 2.33. The number of fused-ring (bicyclic) bond motifs is 1.